The number of esters is 1. The lowest BCUT2D eigenvalue weighted by Crippen LogP contribution is -2.13. The van der Waals surface area contributed by atoms with Crippen LogP contribution in [0.3, 0.4) is 0 Å². The molecule has 5 nitrogen and oxygen atoms in total. The van der Waals surface area contributed by atoms with Gasteiger partial charge in [0.05, 0.1) is 18.0 Å². The average Bonchev–Trinajstić information content (AvgIpc) is 2.27. The molecule has 1 aromatic rings. The summed E-state index contributed by atoms with van der Waals surface area (Å²) in [6, 6.07) is 0. The molecule has 0 aliphatic carbocycles. The van der Waals surface area contributed by atoms with Crippen molar-refractivity contribution in [2.75, 3.05) is 12.4 Å². The Morgan fingerprint density at radius 2 is 2.23 bits per heavy atom. The highest BCUT2D eigenvalue weighted by atomic mass is 16.5. The molecule has 0 aliphatic heterocycles. The maximum Gasteiger partial charge on any atom is 0.341 e. The first-order valence-electron chi connectivity index (χ1n) is 4.06. The number of nitrogens with two attached hydrogens (primary N) is 1. The summed E-state index contributed by atoms with van der Waals surface area (Å²) in [6.45, 7) is 5.57. The third-order valence-corrected chi connectivity index (χ3v) is 1.80. The van der Waals surface area contributed by atoms with Crippen LogP contribution >= 0.6 is 0 Å². The predicted octanol–water partition coefficient (Wildman–Crippen LogP) is 0.390. The van der Waals surface area contributed by atoms with Gasteiger partial charge in [-0.25, -0.2) is 4.79 Å². The predicted molar refractivity (Wildman–Crippen MR) is 47.8 cm³/mol. The van der Waals surface area contributed by atoms with Crippen molar-refractivity contribution in [1.29, 1.82) is 0 Å². The summed E-state index contributed by atoms with van der Waals surface area (Å²) < 4.78 is 4.86. The molecule has 0 aliphatic rings. The van der Waals surface area contributed by atoms with E-state index < -0.39 is 0 Å². The van der Waals surface area contributed by atoms with Gasteiger partial charge in [-0.2, -0.15) is 9.89 Å². The summed E-state index contributed by atoms with van der Waals surface area (Å²) >= 11 is 0. The molecule has 0 radical (unpaired) electrons. The number of nitrogens with zero attached hydrogens (tertiary/aromatic N) is 2. The number of hydrogen-bond donors (Lipinski definition) is 1. The van der Waals surface area contributed by atoms with E-state index >= 15 is 0 Å². The summed E-state index contributed by atoms with van der Waals surface area (Å²) in [6.07, 6.45) is 0. The molecule has 0 amide bonds. The van der Waals surface area contributed by atoms with E-state index in [0.717, 1.165) is 0 Å². The zero-order valence-electron chi connectivity index (χ0n) is 8.00. The van der Waals surface area contributed by atoms with Gasteiger partial charge in [-0.05, 0) is 20.8 Å². The summed E-state index contributed by atoms with van der Waals surface area (Å²) in [5.74, 6) is 5.11. The van der Waals surface area contributed by atoms with Crippen molar-refractivity contribution in [2.24, 2.45) is 0 Å². The van der Waals surface area contributed by atoms with Gasteiger partial charge in [-0.3, -0.25) is 0 Å². The van der Waals surface area contributed by atoms with Crippen LogP contribution in [0.4, 0.5) is 0 Å². The number of ether oxygens (including phenoxy) is 1. The van der Waals surface area contributed by atoms with Crippen LogP contribution < -0.4 is 5.84 Å². The molecule has 0 atom stereocenters. The standard InChI is InChI=1S/C8H13N3O2/c1-4-13-8(12)7-5(2)10-11(9)6(7)3/h4,9H2,1-3H3. The van der Waals surface area contributed by atoms with Crippen molar-refractivity contribution in [3.05, 3.63) is 17.0 Å². The fraction of sp³-hybridized carbons (Fsp3) is 0.500. The fourth-order valence-corrected chi connectivity index (χ4v) is 1.16. The summed E-state index contributed by atoms with van der Waals surface area (Å²) in [4.78, 5) is 12.6. The molecule has 0 aromatic carbocycles. The molecule has 1 rings (SSSR count). The van der Waals surface area contributed by atoms with Crippen LogP contribution in [-0.2, 0) is 4.74 Å². The molecule has 0 saturated heterocycles. The lowest BCUT2D eigenvalue weighted by Gasteiger charge is -2.00. The van der Waals surface area contributed by atoms with E-state index in [1.807, 2.05) is 0 Å². The summed E-state index contributed by atoms with van der Waals surface area (Å²) in [5.41, 5.74) is 1.68. The lowest BCUT2D eigenvalue weighted by atomic mass is 10.2. The minimum atomic E-state index is -0.366. The van der Waals surface area contributed by atoms with Gasteiger partial charge in [0, 0.05) is 0 Å². The Kier molecular flexibility index (Phi) is 2.55. The van der Waals surface area contributed by atoms with E-state index in [9.17, 15) is 4.79 Å². The van der Waals surface area contributed by atoms with Crippen molar-refractivity contribution in [1.82, 2.24) is 9.89 Å². The Morgan fingerprint density at radius 3 is 2.62 bits per heavy atom. The minimum absolute atomic E-state index is 0.355. The van der Waals surface area contributed by atoms with E-state index in [1.54, 1.807) is 20.8 Å². The molecule has 2 N–H and O–H groups in total. The molecule has 0 saturated carbocycles. The quantitative estimate of drug-likeness (QED) is 0.532. The van der Waals surface area contributed by atoms with E-state index in [1.165, 1.54) is 4.79 Å². The third-order valence-electron chi connectivity index (χ3n) is 1.80. The number of aromatic nitrogens is 2. The molecule has 1 aromatic heterocycles. The zero-order chi connectivity index (χ0) is 10.0. The van der Waals surface area contributed by atoms with Crippen molar-refractivity contribution in [3.63, 3.8) is 0 Å². The first-order chi connectivity index (χ1) is 6.07. The molecule has 5 heteroatoms. The van der Waals surface area contributed by atoms with E-state index in [-0.39, 0.29) is 5.97 Å². The maximum atomic E-state index is 11.4. The third kappa shape index (κ3) is 1.63. The molecular weight excluding hydrogens is 170 g/mol. The second kappa shape index (κ2) is 3.47. The van der Waals surface area contributed by atoms with Crippen molar-refractivity contribution >= 4 is 5.97 Å². The van der Waals surface area contributed by atoms with Crippen molar-refractivity contribution < 1.29 is 9.53 Å². The topological polar surface area (TPSA) is 70.1 Å². The van der Waals surface area contributed by atoms with Crippen LogP contribution in [0.5, 0.6) is 0 Å². The van der Waals surface area contributed by atoms with Gasteiger partial charge >= 0.3 is 5.97 Å². The highest BCUT2D eigenvalue weighted by Crippen LogP contribution is 2.11. The number of nitrogen functional groups attached to an aromatic ring is 1. The second-order valence-corrected chi connectivity index (χ2v) is 2.71. The SMILES string of the molecule is CCOC(=O)c1c(C)nn(N)c1C. The van der Waals surface area contributed by atoms with Gasteiger partial charge < -0.3 is 10.6 Å². The summed E-state index contributed by atoms with van der Waals surface area (Å²) in [7, 11) is 0. The number of hydrogen-bond acceptors (Lipinski definition) is 4. The Labute approximate surface area is 76.4 Å². The largest absolute Gasteiger partial charge is 0.462 e. The van der Waals surface area contributed by atoms with Crippen molar-refractivity contribution in [2.45, 2.75) is 20.8 Å². The second-order valence-electron chi connectivity index (χ2n) is 2.71. The van der Waals surface area contributed by atoms with Gasteiger partial charge in [0.25, 0.3) is 0 Å². The van der Waals surface area contributed by atoms with Gasteiger partial charge in [0.15, 0.2) is 0 Å². The van der Waals surface area contributed by atoms with E-state index in [2.05, 4.69) is 5.10 Å². The Hall–Kier alpha value is -1.52. The van der Waals surface area contributed by atoms with Gasteiger partial charge in [-0.1, -0.05) is 0 Å². The molecule has 0 spiro atoms. The van der Waals surface area contributed by atoms with Crippen LogP contribution in [-0.4, -0.2) is 22.5 Å². The number of aryl methyl sites for hydroxylation is 1. The Bertz CT molecular complexity index is 330. The first kappa shape index (κ1) is 9.57. The highest BCUT2D eigenvalue weighted by Gasteiger charge is 2.18. The van der Waals surface area contributed by atoms with Gasteiger partial charge in [-0.15, -0.1) is 0 Å². The number of carbonyl (C=O) groups excluding carboxylic acids is 1. The number of rotatable bonds is 2. The Balaban J connectivity index is 3.06. The molecule has 72 valence electrons. The molecule has 0 fully saturated rings. The van der Waals surface area contributed by atoms with E-state index in [4.69, 9.17) is 10.6 Å². The molecule has 0 bridgehead atoms. The van der Waals surface area contributed by atoms with Gasteiger partial charge in [0.1, 0.15) is 5.56 Å². The van der Waals surface area contributed by atoms with Crippen molar-refractivity contribution in [3.8, 4) is 0 Å². The van der Waals surface area contributed by atoms with Crippen LogP contribution in [0.25, 0.3) is 0 Å². The highest BCUT2D eigenvalue weighted by molar-refractivity contribution is 5.91. The van der Waals surface area contributed by atoms with Crippen LogP contribution in [0.1, 0.15) is 28.7 Å². The lowest BCUT2D eigenvalue weighted by molar-refractivity contribution is 0.0524. The molecule has 1 heterocycles. The van der Waals surface area contributed by atoms with Crippen LogP contribution in [0.2, 0.25) is 0 Å². The molecule has 13 heavy (non-hydrogen) atoms. The van der Waals surface area contributed by atoms with Gasteiger partial charge in [0.2, 0.25) is 0 Å². The monoisotopic (exact) mass is 183 g/mol. The normalized spacial score (nSPS) is 10.1. The minimum Gasteiger partial charge on any atom is -0.462 e. The first-order valence-corrected chi connectivity index (χ1v) is 4.06. The molecular formula is C8H13N3O2. The molecule has 0 unspecified atom stereocenters. The summed E-state index contributed by atoms with van der Waals surface area (Å²) in [5, 5.41) is 3.91. The number of carbonyl (C=O) groups is 1. The average molecular weight is 183 g/mol. The smallest absolute Gasteiger partial charge is 0.341 e. The fourth-order valence-electron chi connectivity index (χ4n) is 1.16. The Morgan fingerprint density at radius 1 is 1.62 bits per heavy atom. The zero-order valence-corrected chi connectivity index (χ0v) is 8.00. The van der Waals surface area contributed by atoms with Crippen LogP contribution in [0, 0.1) is 13.8 Å². The van der Waals surface area contributed by atoms with Crippen LogP contribution in [0.15, 0.2) is 0 Å². The maximum absolute atomic E-state index is 11.4. The van der Waals surface area contributed by atoms with E-state index in [0.29, 0.717) is 23.6 Å².